The van der Waals surface area contributed by atoms with Crippen molar-refractivity contribution in [1.29, 1.82) is 0 Å². The molecule has 1 aromatic heterocycles. The van der Waals surface area contributed by atoms with Crippen LogP contribution in [0.1, 0.15) is 44.5 Å². The van der Waals surface area contributed by atoms with Crippen molar-refractivity contribution in [1.82, 2.24) is 10.3 Å². The lowest BCUT2D eigenvalue weighted by atomic mass is 10.1. The van der Waals surface area contributed by atoms with Crippen molar-refractivity contribution in [2.24, 2.45) is 5.73 Å². The molecule has 1 amide bonds. The Morgan fingerprint density at radius 2 is 1.76 bits per heavy atom. The molecule has 1 aliphatic carbocycles. The number of nitrogens with two attached hydrogens (primary N) is 1. The van der Waals surface area contributed by atoms with Gasteiger partial charge in [0.2, 0.25) is 0 Å². The van der Waals surface area contributed by atoms with Gasteiger partial charge in [-0.15, -0.1) is 0 Å². The van der Waals surface area contributed by atoms with Gasteiger partial charge in [-0.2, -0.15) is 0 Å². The summed E-state index contributed by atoms with van der Waals surface area (Å²) in [6.07, 6.45) is 6.33. The molecule has 2 aromatic carbocycles. The molecule has 0 spiro atoms. The average Bonchev–Trinajstić information content (AvgIpc) is 3.39. The maximum absolute atomic E-state index is 13.0. The molecule has 0 radical (unpaired) electrons. The molecule has 3 aromatic rings. The number of hydrogen-bond donors (Lipinski definition) is 4. The number of amides is 1. The van der Waals surface area contributed by atoms with Crippen LogP contribution in [-0.4, -0.2) is 16.9 Å². The second-order valence-electron chi connectivity index (χ2n) is 9.31. The van der Waals surface area contributed by atoms with Crippen molar-refractivity contribution in [3.8, 4) is 0 Å². The summed E-state index contributed by atoms with van der Waals surface area (Å²) in [7, 11) is 0. The predicted octanol–water partition coefficient (Wildman–Crippen LogP) is 5.51. The zero-order chi connectivity index (χ0) is 24.2. The summed E-state index contributed by atoms with van der Waals surface area (Å²) in [4.78, 5) is 16.5. The molecule has 0 aliphatic heterocycles. The van der Waals surface area contributed by atoms with Gasteiger partial charge < -0.3 is 21.4 Å². The Hall–Kier alpha value is -3.73. The van der Waals surface area contributed by atoms with Gasteiger partial charge in [0.05, 0.1) is 0 Å². The Labute approximate surface area is 201 Å². The smallest absolute Gasteiger partial charge is 0.251 e. The van der Waals surface area contributed by atoms with Gasteiger partial charge in [0.1, 0.15) is 0 Å². The molecule has 1 heterocycles. The molecule has 0 saturated carbocycles. The maximum Gasteiger partial charge on any atom is 0.251 e. The van der Waals surface area contributed by atoms with Crippen LogP contribution in [0.2, 0.25) is 0 Å². The van der Waals surface area contributed by atoms with Crippen LogP contribution >= 0.6 is 0 Å². The number of anilines is 1. The van der Waals surface area contributed by atoms with E-state index in [-0.39, 0.29) is 11.9 Å². The van der Waals surface area contributed by atoms with Gasteiger partial charge in [-0.3, -0.25) is 4.79 Å². The Bertz CT molecular complexity index is 1280. The van der Waals surface area contributed by atoms with E-state index >= 15 is 0 Å². The molecule has 0 atom stereocenters. The highest BCUT2D eigenvalue weighted by atomic mass is 16.1. The van der Waals surface area contributed by atoms with Crippen molar-refractivity contribution in [3.05, 3.63) is 100 Å². The first kappa shape index (κ1) is 23.4. The molecule has 0 bridgehead atoms. The molecule has 5 heteroatoms. The summed E-state index contributed by atoms with van der Waals surface area (Å²) in [5, 5.41) is 7.79. The largest absolute Gasteiger partial charge is 0.399 e. The van der Waals surface area contributed by atoms with Crippen LogP contribution in [0.5, 0.6) is 0 Å². The van der Waals surface area contributed by atoms with Gasteiger partial charge in [0.15, 0.2) is 0 Å². The van der Waals surface area contributed by atoms with Crippen LogP contribution in [0.15, 0.2) is 83.2 Å². The van der Waals surface area contributed by atoms with E-state index in [0.29, 0.717) is 11.3 Å². The molecule has 0 unspecified atom stereocenters. The standard InChI is InChI=1S/C29H34N4O/c1-5-24-15-22-10-11-25(17-28(22)32-24)31-19(4)12-23(30)16-27(18(2)3)29(34)33-26-13-20-8-6-7-9-21(20)14-26/h6-12,15-17,26,31-32H,5,13-14,30H2,1-4H3,(H,33,34)/b19-12+,23-16+. The highest BCUT2D eigenvalue weighted by Gasteiger charge is 2.23. The highest BCUT2D eigenvalue weighted by Crippen LogP contribution is 2.23. The maximum atomic E-state index is 13.0. The van der Waals surface area contributed by atoms with E-state index < -0.39 is 0 Å². The number of hydrogen-bond acceptors (Lipinski definition) is 3. The van der Waals surface area contributed by atoms with Gasteiger partial charge in [-0.1, -0.05) is 42.8 Å². The number of aromatic nitrogens is 1. The van der Waals surface area contributed by atoms with Gasteiger partial charge in [0.25, 0.3) is 5.91 Å². The molecule has 176 valence electrons. The Balaban J connectivity index is 1.43. The fraction of sp³-hybridized carbons (Fsp3) is 0.276. The summed E-state index contributed by atoms with van der Waals surface area (Å²) in [5.41, 5.74) is 15.2. The van der Waals surface area contributed by atoms with E-state index in [1.54, 1.807) is 6.08 Å². The number of carbonyl (C=O) groups is 1. The molecule has 0 saturated heterocycles. The minimum atomic E-state index is -0.0799. The van der Waals surface area contributed by atoms with Crippen LogP contribution in [-0.2, 0) is 24.1 Å². The first-order chi connectivity index (χ1) is 16.3. The van der Waals surface area contributed by atoms with Crippen LogP contribution in [0.25, 0.3) is 10.9 Å². The molecular formula is C29H34N4O. The monoisotopic (exact) mass is 454 g/mol. The van der Waals surface area contributed by atoms with Crippen LogP contribution < -0.4 is 16.4 Å². The van der Waals surface area contributed by atoms with E-state index in [2.05, 4.69) is 71.1 Å². The predicted molar refractivity (Wildman–Crippen MR) is 141 cm³/mol. The van der Waals surface area contributed by atoms with E-state index in [1.807, 2.05) is 26.8 Å². The second kappa shape index (κ2) is 10.0. The number of H-pyrrole nitrogens is 1. The van der Waals surface area contributed by atoms with Crippen LogP contribution in [0.4, 0.5) is 5.69 Å². The molecule has 5 N–H and O–H groups in total. The van der Waals surface area contributed by atoms with Gasteiger partial charge in [-0.25, -0.2) is 0 Å². The zero-order valence-corrected chi connectivity index (χ0v) is 20.5. The third-order valence-corrected chi connectivity index (χ3v) is 6.26. The molecule has 0 fully saturated rings. The summed E-state index contributed by atoms with van der Waals surface area (Å²) in [6.45, 7) is 7.98. The molecule has 4 rings (SSSR count). The quantitative estimate of drug-likeness (QED) is 0.281. The van der Waals surface area contributed by atoms with Crippen molar-refractivity contribution >= 4 is 22.5 Å². The average molecular weight is 455 g/mol. The molecular weight excluding hydrogens is 420 g/mol. The minimum Gasteiger partial charge on any atom is -0.399 e. The number of aromatic amines is 1. The Morgan fingerprint density at radius 1 is 1.06 bits per heavy atom. The third-order valence-electron chi connectivity index (χ3n) is 6.26. The molecule has 34 heavy (non-hydrogen) atoms. The molecule has 1 aliphatic rings. The number of allylic oxidation sites excluding steroid dienone is 3. The van der Waals surface area contributed by atoms with Gasteiger partial charge >= 0.3 is 0 Å². The molecule has 5 nitrogen and oxygen atoms in total. The normalized spacial score (nSPS) is 14.2. The fourth-order valence-corrected chi connectivity index (χ4v) is 4.54. The lowest BCUT2D eigenvalue weighted by Crippen LogP contribution is -2.36. The van der Waals surface area contributed by atoms with Crippen molar-refractivity contribution < 1.29 is 4.79 Å². The van der Waals surface area contributed by atoms with E-state index in [9.17, 15) is 4.79 Å². The number of nitrogens with one attached hydrogen (secondary N) is 3. The highest BCUT2D eigenvalue weighted by molar-refractivity contribution is 5.97. The summed E-state index contributed by atoms with van der Waals surface area (Å²) < 4.78 is 0. The number of benzene rings is 2. The first-order valence-electron chi connectivity index (χ1n) is 11.9. The topological polar surface area (TPSA) is 82.9 Å². The van der Waals surface area contributed by atoms with Crippen LogP contribution in [0.3, 0.4) is 0 Å². The number of rotatable bonds is 7. The third kappa shape index (κ3) is 5.42. The van der Waals surface area contributed by atoms with Crippen molar-refractivity contribution in [2.45, 2.75) is 53.0 Å². The SMILES string of the molecule is CCc1cc2ccc(N/C(C)=C/C(N)=C\C(C(=O)NC3Cc4ccccc4C3)=C(C)C)cc2[nH]1. The van der Waals surface area contributed by atoms with Crippen molar-refractivity contribution in [2.75, 3.05) is 5.32 Å². The van der Waals surface area contributed by atoms with Gasteiger partial charge in [0, 0.05) is 39.9 Å². The Morgan fingerprint density at radius 3 is 2.41 bits per heavy atom. The number of carbonyl (C=O) groups excluding carboxylic acids is 1. The van der Waals surface area contributed by atoms with E-state index in [4.69, 9.17) is 5.73 Å². The van der Waals surface area contributed by atoms with E-state index in [1.165, 1.54) is 22.2 Å². The Kier molecular flexibility index (Phi) is 6.92. The van der Waals surface area contributed by atoms with Crippen molar-refractivity contribution in [3.63, 3.8) is 0 Å². The lowest BCUT2D eigenvalue weighted by Gasteiger charge is -2.14. The summed E-state index contributed by atoms with van der Waals surface area (Å²) >= 11 is 0. The number of fused-ring (bicyclic) bond motifs is 2. The fourth-order valence-electron chi connectivity index (χ4n) is 4.54. The zero-order valence-electron chi connectivity index (χ0n) is 20.5. The van der Waals surface area contributed by atoms with E-state index in [0.717, 1.165) is 41.7 Å². The second-order valence-corrected chi connectivity index (χ2v) is 9.31. The first-order valence-corrected chi connectivity index (χ1v) is 11.9. The van der Waals surface area contributed by atoms with Gasteiger partial charge in [-0.05, 0) is 86.9 Å². The minimum absolute atomic E-state index is 0.0799. The lowest BCUT2D eigenvalue weighted by molar-refractivity contribution is -0.117. The van der Waals surface area contributed by atoms with Crippen LogP contribution in [0, 0.1) is 0 Å². The summed E-state index contributed by atoms with van der Waals surface area (Å²) in [6, 6.07) is 16.9. The summed E-state index contributed by atoms with van der Waals surface area (Å²) in [5.74, 6) is -0.0799. The number of aryl methyl sites for hydroxylation is 1.